The summed E-state index contributed by atoms with van der Waals surface area (Å²) in [6.07, 6.45) is 14.3. The fourth-order valence-electron chi connectivity index (χ4n) is 1.94. The zero-order valence-electron chi connectivity index (χ0n) is 14.9. The molecule has 0 aliphatic carbocycles. The van der Waals surface area contributed by atoms with E-state index in [0.29, 0.717) is 6.42 Å². The fraction of sp³-hybridized carbons (Fsp3) is 0.778. The zero-order valence-corrected chi connectivity index (χ0v) is 14.9. The van der Waals surface area contributed by atoms with Crippen LogP contribution in [0.1, 0.15) is 90.9 Å². The first-order chi connectivity index (χ1) is 10.9. The van der Waals surface area contributed by atoms with Gasteiger partial charge in [-0.1, -0.05) is 77.2 Å². The Kier molecular flexibility index (Phi) is 29.2. The van der Waals surface area contributed by atoms with Crippen molar-refractivity contribution >= 4 is 12.1 Å². The number of hydrogen-bond acceptors (Lipinski definition) is 2. The highest BCUT2D eigenvalue weighted by Crippen LogP contribution is 2.11. The Bertz CT molecular complexity index is 260. The van der Waals surface area contributed by atoms with E-state index in [1.165, 1.54) is 57.8 Å². The van der Waals surface area contributed by atoms with Gasteiger partial charge in [0, 0.05) is 6.42 Å². The van der Waals surface area contributed by atoms with Gasteiger partial charge in [0.05, 0.1) is 0 Å². The summed E-state index contributed by atoms with van der Waals surface area (Å²) in [7, 11) is 0. The lowest BCUT2D eigenvalue weighted by Crippen LogP contribution is -1.93. The van der Waals surface area contributed by atoms with E-state index < -0.39 is 12.1 Å². The molecule has 0 aromatic rings. The monoisotopic (exact) mass is 332 g/mol. The van der Waals surface area contributed by atoms with E-state index in [4.69, 9.17) is 20.1 Å². The number of carbonyl (C=O) groups is 2. The minimum atomic E-state index is -1.83. The third-order valence-electron chi connectivity index (χ3n) is 2.99. The smallest absolute Gasteiger partial charge is 0.481 e. The first-order valence-corrected chi connectivity index (χ1v) is 8.63. The van der Waals surface area contributed by atoms with Crippen LogP contribution in [-0.2, 0) is 4.79 Å². The number of allylic oxidation sites excluding steroid dienone is 1. The van der Waals surface area contributed by atoms with Crippen LogP contribution in [-0.4, -0.2) is 27.4 Å². The molecule has 0 saturated carbocycles. The molecule has 0 radical (unpaired) electrons. The summed E-state index contributed by atoms with van der Waals surface area (Å²) < 4.78 is 0. The minimum Gasteiger partial charge on any atom is -0.481 e. The molecule has 0 aliphatic rings. The van der Waals surface area contributed by atoms with Crippen molar-refractivity contribution in [3.8, 4) is 0 Å². The standard InChI is InChI=1S/C14H28O2.C3H6.CH2O3/c1-2-3-4-5-6-7-8-9-10-11-12-13-14(15)16;1-3-2;2-1(3)4/h2-13H2,1H3,(H,15,16);3H,1H2,2H3;(H2,2,3,4). The lowest BCUT2D eigenvalue weighted by atomic mass is 10.1. The quantitative estimate of drug-likeness (QED) is 0.293. The maximum Gasteiger partial charge on any atom is 0.503 e. The van der Waals surface area contributed by atoms with Gasteiger partial charge in [-0.15, -0.1) is 6.58 Å². The molecule has 138 valence electrons. The minimum absolute atomic E-state index is 0.344. The van der Waals surface area contributed by atoms with Crippen LogP contribution in [0.3, 0.4) is 0 Å². The van der Waals surface area contributed by atoms with Gasteiger partial charge in [-0.3, -0.25) is 4.79 Å². The molecule has 5 heteroatoms. The summed E-state index contributed by atoms with van der Waals surface area (Å²) in [4.78, 5) is 18.8. The van der Waals surface area contributed by atoms with Gasteiger partial charge in [0.15, 0.2) is 0 Å². The number of carboxylic acids is 1. The summed E-state index contributed by atoms with van der Waals surface area (Å²) in [5.74, 6) is -0.657. The van der Waals surface area contributed by atoms with E-state index in [9.17, 15) is 4.79 Å². The highest BCUT2D eigenvalue weighted by atomic mass is 16.6. The predicted molar refractivity (Wildman–Crippen MR) is 95.2 cm³/mol. The predicted octanol–water partition coefficient (Wildman–Crippen LogP) is 6.19. The average Bonchev–Trinajstić information content (AvgIpc) is 2.45. The summed E-state index contributed by atoms with van der Waals surface area (Å²) >= 11 is 0. The van der Waals surface area contributed by atoms with Gasteiger partial charge in [0.25, 0.3) is 0 Å². The van der Waals surface area contributed by atoms with Crippen molar-refractivity contribution in [1.29, 1.82) is 0 Å². The van der Waals surface area contributed by atoms with Crippen LogP contribution in [0, 0.1) is 0 Å². The Morgan fingerprint density at radius 3 is 1.30 bits per heavy atom. The number of rotatable bonds is 12. The molecule has 0 fully saturated rings. The van der Waals surface area contributed by atoms with Crippen molar-refractivity contribution in [2.75, 3.05) is 0 Å². The third kappa shape index (κ3) is 53.1. The van der Waals surface area contributed by atoms with Gasteiger partial charge < -0.3 is 15.3 Å². The van der Waals surface area contributed by atoms with Crippen LogP contribution in [0.2, 0.25) is 0 Å². The van der Waals surface area contributed by atoms with E-state index >= 15 is 0 Å². The van der Waals surface area contributed by atoms with Gasteiger partial charge in [-0.05, 0) is 13.3 Å². The van der Waals surface area contributed by atoms with Crippen molar-refractivity contribution in [2.45, 2.75) is 90.9 Å². The number of hydrogen-bond donors (Lipinski definition) is 3. The molecule has 0 bridgehead atoms. The van der Waals surface area contributed by atoms with E-state index in [-0.39, 0.29) is 0 Å². The van der Waals surface area contributed by atoms with Gasteiger partial charge in [0.1, 0.15) is 0 Å². The van der Waals surface area contributed by atoms with Crippen molar-refractivity contribution in [3.05, 3.63) is 12.7 Å². The number of aliphatic carboxylic acids is 1. The van der Waals surface area contributed by atoms with E-state index in [2.05, 4.69) is 13.5 Å². The Morgan fingerprint density at radius 1 is 0.783 bits per heavy atom. The molecule has 0 rings (SSSR count). The molecule has 0 amide bonds. The topological polar surface area (TPSA) is 94.8 Å². The van der Waals surface area contributed by atoms with Crippen molar-refractivity contribution in [3.63, 3.8) is 0 Å². The fourth-order valence-corrected chi connectivity index (χ4v) is 1.94. The Labute approximate surface area is 141 Å². The summed E-state index contributed by atoms with van der Waals surface area (Å²) in [6, 6.07) is 0. The Balaban J connectivity index is -0.000000480. The normalized spacial score (nSPS) is 8.96. The lowest BCUT2D eigenvalue weighted by molar-refractivity contribution is -0.137. The molecular formula is C18H36O5. The summed E-state index contributed by atoms with van der Waals surface area (Å²) in [5.41, 5.74) is 0. The first-order valence-electron chi connectivity index (χ1n) is 8.63. The molecular weight excluding hydrogens is 296 g/mol. The van der Waals surface area contributed by atoms with Crippen LogP contribution in [0.15, 0.2) is 12.7 Å². The maximum atomic E-state index is 10.3. The van der Waals surface area contributed by atoms with E-state index in [0.717, 1.165) is 12.8 Å². The van der Waals surface area contributed by atoms with E-state index in [1.54, 1.807) is 6.08 Å². The maximum absolute atomic E-state index is 10.3. The zero-order chi connectivity index (χ0) is 18.3. The average molecular weight is 332 g/mol. The molecule has 0 heterocycles. The Morgan fingerprint density at radius 2 is 1.04 bits per heavy atom. The molecule has 5 nitrogen and oxygen atoms in total. The van der Waals surface area contributed by atoms with Crippen LogP contribution in [0.5, 0.6) is 0 Å². The second-order valence-corrected chi connectivity index (χ2v) is 5.37. The molecule has 0 saturated heterocycles. The second kappa shape index (κ2) is 25.4. The van der Waals surface area contributed by atoms with Crippen LogP contribution in [0.4, 0.5) is 4.79 Å². The summed E-state index contributed by atoms with van der Waals surface area (Å²) in [5, 5.41) is 22.4. The van der Waals surface area contributed by atoms with Gasteiger partial charge in [0.2, 0.25) is 0 Å². The Hall–Kier alpha value is -1.52. The molecule has 0 aromatic heterocycles. The van der Waals surface area contributed by atoms with Gasteiger partial charge in [-0.2, -0.15) is 0 Å². The highest BCUT2D eigenvalue weighted by Gasteiger charge is 1.96. The molecule has 3 N–H and O–H groups in total. The molecule has 0 aromatic carbocycles. The van der Waals surface area contributed by atoms with Crippen LogP contribution >= 0.6 is 0 Å². The van der Waals surface area contributed by atoms with Crippen molar-refractivity contribution in [1.82, 2.24) is 0 Å². The largest absolute Gasteiger partial charge is 0.503 e. The van der Waals surface area contributed by atoms with Crippen LogP contribution < -0.4 is 0 Å². The third-order valence-corrected chi connectivity index (χ3v) is 2.99. The van der Waals surface area contributed by atoms with Gasteiger partial charge >= 0.3 is 12.1 Å². The van der Waals surface area contributed by atoms with Gasteiger partial charge in [-0.25, -0.2) is 4.79 Å². The number of carboxylic acid groups (broad SMARTS) is 3. The SMILES string of the molecule is C=CC.CCCCCCCCCCCCCC(=O)O.O=C(O)O. The summed E-state index contributed by atoms with van der Waals surface area (Å²) in [6.45, 7) is 7.50. The molecule has 23 heavy (non-hydrogen) atoms. The first kappa shape index (κ1) is 26.4. The lowest BCUT2D eigenvalue weighted by Gasteiger charge is -2.01. The molecule has 0 spiro atoms. The molecule has 0 unspecified atom stereocenters. The molecule has 0 atom stereocenters. The van der Waals surface area contributed by atoms with E-state index in [1.807, 2.05) is 6.92 Å². The van der Waals surface area contributed by atoms with Crippen molar-refractivity contribution in [2.24, 2.45) is 0 Å². The second-order valence-electron chi connectivity index (χ2n) is 5.37. The van der Waals surface area contributed by atoms with Crippen LogP contribution in [0.25, 0.3) is 0 Å². The number of unbranched alkanes of at least 4 members (excludes halogenated alkanes) is 10. The molecule has 0 aliphatic heterocycles. The van der Waals surface area contributed by atoms with Crippen molar-refractivity contribution < 1.29 is 24.9 Å². The highest BCUT2D eigenvalue weighted by molar-refractivity contribution is 5.66.